The molecular formula is C16H21NOS. The molecule has 0 bridgehead atoms. The zero-order valence-corrected chi connectivity index (χ0v) is 12.2. The van der Waals surface area contributed by atoms with Gasteiger partial charge in [0.2, 0.25) is 0 Å². The molecule has 102 valence electrons. The second kappa shape index (κ2) is 7.97. The lowest BCUT2D eigenvalue weighted by Gasteiger charge is -2.07. The van der Waals surface area contributed by atoms with Crippen LogP contribution in [0, 0.1) is 0 Å². The summed E-state index contributed by atoms with van der Waals surface area (Å²) in [6.07, 6.45) is 2.17. The Balaban J connectivity index is 1.56. The molecule has 3 heteroatoms. The molecule has 2 nitrogen and oxygen atoms in total. The summed E-state index contributed by atoms with van der Waals surface area (Å²) in [6.45, 7) is 4.77. The fraction of sp³-hybridized carbons (Fsp3) is 0.375. The van der Waals surface area contributed by atoms with Gasteiger partial charge in [0, 0.05) is 6.54 Å². The van der Waals surface area contributed by atoms with Crippen molar-refractivity contribution in [2.75, 3.05) is 19.7 Å². The largest absolute Gasteiger partial charge is 0.492 e. The third-order valence-corrected chi connectivity index (χ3v) is 3.78. The van der Waals surface area contributed by atoms with Crippen LogP contribution in [0.25, 0.3) is 0 Å². The summed E-state index contributed by atoms with van der Waals surface area (Å²) >= 11 is 1.76. The van der Waals surface area contributed by atoms with Crippen molar-refractivity contribution in [3.8, 4) is 5.75 Å². The third-order valence-electron chi connectivity index (χ3n) is 3.05. The Morgan fingerprint density at radius 3 is 2.58 bits per heavy atom. The van der Waals surface area contributed by atoms with Crippen molar-refractivity contribution >= 4 is 11.3 Å². The molecule has 0 saturated heterocycles. The smallest absolute Gasteiger partial charge is 0.119 e. The maximum absolute atomic E-state index is 5.68. The number of aryl methyl sites for hydroxylation is 1. The zero-order chi connectivity index (χ0) is 13.3. The molecule has 0 aliphatic rings. The van der Waals surface area contributed by atoms with Crippen LogP contribution >= 0.6 is 11.3 Å². The monoisotopic (exact) mass is 275 g/mol. The molecule has 0 aliphatic heterocycles. The highest BCUT2D eigenvalue weighted by atomic mass is 32.1. The fourth-order valence-corrected chi connectivity index (χ4v) is 2.56. The summed E-state index contributed by atoms with van der Waals surface area (Å²) in [6, 6.07) is 10.5. The Bertz CT molecular complexity index is 450. The number of hydrogen-bond acceptors (Lipinski definition) is 3. The van der Waals surface area contributed by atoms with E-state index in [0.717, 1.165) is 38.3 Å². The second-order valence-electron chi connectivity index (χ2n) is 4.48. The maximum Gasteiger partial charge on any atom is 0.119 e. The topological polar surface area (TPSA) is 21.3 Å². The van der Waals surface area contributed by atoms with E-state index in [-0.39, 0.29) is 0 Å². The van der Waals surface area contributed by atoms with Crippen molar-refractivity contribution in [2.45, 2.75) is 19.8 Å². The van der Waals surface area contributed by atoms with Gasteiger partial charge in [0.05, 0.1) is 0 Å². The van der Waals surface area contributed by atoms with Crippen LogP contribution in [-0.4, -0.2) is 19.7 Å². The standard InChI is InChI=1S/C16H21NOS/c1-2-14-3-5-16(6-4-14)18-11-10-17-9-7-15-8-12-19-13-15/h3-6,8,12-13,17H,2,7,9-11H2,1H3. The number of benzene rings is 1. The van der Waals surface area contributed by atoms with E-state index in [2.05, 4.69) is 41.2 Å². The summed E-state index contributed by atoms with van der Waals surface area (Å²) in [5, 5.41) is 7.72. The molecule has 0 unspecified atom stereocenters. The SMILES string of the molecule is CCc1ccc(OCCNCCc2ccsc2)cc1. The molecule has 1 heterocycles. The van der Waals surface area contributed by atoms with E-state index in [1.165, 1.54) is 11.1 Å². The minimum absolute atomic E-state index is 0.717. The van der Waals surface area contributed by atoms with Crippen LogP contribution < -0.4 is 10.1 Å². The molecule has 1 aromatic heterocycles. The fourth-order valence-electron chi connectivity index (χ4n) is 1.86. The molecule has 2 aromatic rings. The van der Waals surface area contributed by atoms with Crippen LogP contribution in [0.3, 0.4) is 0 Å². The second-order valence-corrected chi connectivity index (χ2v) is 5.26. The molecule has 0 fully saturated rings. The molecule has 0 radical (unpaired) electrons. The van der Waals surface area contributed by atoms with E-state index in [1.807, 2.05) is 12.1 Å². The Morgan fingerprint density at radius 2 is 1.89 bits per heavy atom. The van der Waals surface area contributed by atoms with E-state index in [0.29, 0.717) is 0 Å². The maximum atomic E-state index is 5.68. The third kappa shape index (κ3) is 5.05. The van der Waals surface area contributed by atoms with E-state index in [4.69, 9.17) is 4.74 Å². The van der Waals surface area contributed by atoms with E-state index < -0.39 is 0 Å². The summed E-state index contributed by atoms with van der Waals surface area (Å²) < 4.78 is 5.68. The first-order valence-corrected chi connectivity index (χ1v) is 7.76. The highest BCUT2D eigenvalue weighted by molar-refractivity contribution is 7.07. The van der Waals surface area contributed by atoms with Gasteiger partial charge in [-0.05, 0) is 59.5 Å². The minimum Gasteiger partial charge on any atom is -0.492 e. The Kier molecular flexibility index (Phi) is 5.92. The predicted molar refractivity (Wildman–Crippen MR) is 82.2 cm³/mol. The van der Waals surface area contributed by atoms with Gasteiger partial charge in [0.25, 0.3) is 0 Å². The van der Waals surface area contributed by atoms with Gasteiger partial charge in [0.15, 0.2) is 0 Å². The number of thiophene rings is 1. The van der Waals surface area contributed by atoms with E-state index in [1.54, 1.807) is 11.3 Å². The van der Waals surface area contributed by atoms with Crippen molar-refractivity contribution in [1.29, 1.82) is 0 Å². The van der Waals surface area contributed by atoms with Crippen molar-refractivity contribution in [2.24, 2.45) is 0 Å². The molecule has 0 spiro atoms. The summed E-state index contributed by atoms with van der Waals surface area (Å²) in [5.74, 6) is 0.955. The number of ether oxygens (including phenoxy) is 1. The number of rotatable bonds is 8. The molecular weight excluding hydrogens is 254 g/mol. The first-order chi connectivity index (χ1) is 9.38. The summed E-state index contributed by atoms with van der Waals surface area (Å²) in [4.78, 5) is 0. The van der Waals surface area contributed by atoms with Crippen LogP contribution in [0.15, 0.2) is 41.1 Å². The lowest BCUT2D eigenvalue weighted by molar-refractivity contribution is 0.314. The molecule has 0 atom stereocenters. The average Bonchev–Trinajstić information content (AvgIpc) is 2.96. The van der Waals surface area contributed by atoms with E-state index in [9.17, 15) is 0 Å². The van der Waals surface area contributed by atoms with Crippen LogP contribution in [0.5, 0.6) is 5.75 Å². The predicted octanol–water partition coefficient (Wildman–Crippen LogP) is 3.52. The van der Waals surface area contributed by atoms with Gasteiger partial charge in [-0.3, -0.25) is 0 Å². The first-order valence-electron chi connectivity index (χ1n) is 6.82. The number of nitrogens with one attached hydrogen (secondary N) is 1. The van der Waals surface area contributed by atoms with Crippen molar-refractivity contribution in [1.82, 2.24) is 5.32 Å². The molecule has 1 N–H and O–H groups in total. The van der Waals surface area contributed by atoms with Crippen LogP contribution in [0.1, 0.15) is 18.1 Å². The summed E-state index contributed by atoms with van der Waals surface area (Å²) in [5.41, 5.74) is 2.76. The normalized spacial score (nSPS) is 10.6. The Labute approximate surface area is 119 Å². The van der Waals surface area contributed by atoms with Gasteiger partial charge in [-0.1, -0.05) is 19.1 Å². The molecule has 0 saturated carbocycles. The van der Waals surface area contributed by atoms with Gasteiger partial charge in [0.1, 0.15) is 12.4 Å². The Hall–Kier alpha value is -1.32. The Morgan fingerprint density at radius 1 is 1.05 bits per heavy atom. The average molecular weight is 275 g/mol. The van der Waals surface area contributed by atoms with Gasteiger partial charge in [-0.2, -0.15) is 11.3 Å². The number of hydrogen-bond donors (Lipinski definition) is 1. The molecule has 1 aromatic carbocycles. The lowest BCUT2D eigenvalue weighted by Crippen LogP contribution is -2.23. The highest BCUT2D eigenvalue weighted by Gasteiger charge is 1.95. The van der Waals surface area contributed by atoms with Gasteiger partial charge >= 0.3 is 0 Å². The van der Waals surface area contributed by atoms with E-state index >= 15 is 0 Å². The van der Waals surface area contributed by atoms with Gasteiger partial charge < -0.3 is 10.1 Å². The van der Waals surface area contributed by atoms with Crippen molar-refractivity contribution in [3.63, 3.8) is 0 Å². The molecule has 0 amide bonds. The molecule has 19 heavy (non-hydrogen) atoms. The first kappa shape index (κ1) is 14.1. The van der Waals surface area contributed by atoms with Crippen LogP contribution in [0.2, 0.25) is 0 Å². The van der Waals surface area contributed by atoms with Crippen molar-refractivity contribution < 1.29 is 4.74 Å². The molecule has 2 rings (SSSR count). The lowest BCUT2D eigenvalue weighted by atomic mass is 10.2. The minimum atomic E-state index is 0.717. The van der Waals surface area contributed by atoms with Gasteiger partial charge in [-0.15, -0.1) is 0 Å². The van der Waals surface area contributed by atoms with Crippen molar-refractivity contribution in [3.05, 3.63) is 52.2 Å². The van der Waals surface area contributed by atoms with Crippen LogP contribution in [-0.2, 0) is 12.8 Å². The quantitative estimate of drug-likeness (QED) is 0.744. The summed E-state index contributed by atoms with van der Waals surface area (Å²) in [7, 11) is 0. The highest BCUT2D eigenvalue weighted by Crippen LogP contribution is 2.12. The van der Waals surface area contributed by atoms with Gasteiger partial charge in [-0.25, -0.2) is 0 Å². The molecule has 0 aliphatic carbocycles. The zero-order valence-electron chi connectivity index (χ0n) is 11.4. The van der Waals surface area contributed by atoms with Crippen LogP contribution in [0.4, 0.5) is 0 Å².